The lowest BCUT2D eigenvalue weighted by atomic mass is 10.0. The second-order valence-electron chi connectivity index (χ2n) is 5.78. The Hall–Kier alpha value is -1.18. The molecule has 2 heteroatoms. The van der Waals surface area contributed by atoms with Crippen LogP contribution in [-0.4, -0.2) is 19.3 Å². The van der Waals surface area contributed by atoms with Crippen molar-refractivity contribution in [3.8, 4) is 0 Å². The third-order valence-electron chi connectivity index (χ3n) is 3.93. The summed E-state index contributed by atoms with van der Waals surface area (Å²) < 4.78 is 0. The van der Waals surface area contributed by atoms with Crippen LogP contribution in [0.15, 0.2) is 24.3 Å². The molecule has 1 aromatic carbocycles. The van der Waals surface area contributed by atoms with Crippen molar-refractivity contribution >= 4 is 11.4 Å². The molecule has 1 heterocycles. The third kappa shape index (κ3) is 2.63. The summed E-state index contributed by atoms with van der Waals surface area (Å²) in [5.41, 5.74) is 2.81. The maximum Gasteiger partial charge on any atom is 0.0906 e. The Morgan fingerprint density at radius 1 is 1.06 bits per heavy atom. The molecular formula is C16H26N2. The molecule has 0 saturated carbocycles. The molecule has 1 aliphatic rings. The molecule has 0 radical (unpaired) electrons. The van der Waals surface area contributed by atoms with Gasteiger partial charge in [-0.1, -0.05) is 26.0 Å². The van der Waals surface area contributed by atoms with Crippen LogP contribution in [-0.2, 0) is 0 Å². The molecule has 0 amide bonds. The monoisotopic (exact) mass is 246 g/mol. The number of hydrogen-bond acceptors (Lipinski definition) is 2. The van der Waals surface area contributed by atoms with Crippen molar-refractivity contribution in [1.82, 2.24) is 0 Å². The standard InChI is InChI=1S/C16H26N2/c1-5-17-12-18(14(4)11-10-13(2)3)16-9-7-6-8-15(16)17/h6-9,13-14H,5,10-12H2,1-4H3. The number of nitrogens with zero attached hydrogens (tertiary/aromatic N) is 2. The molecule has 0 aliphatic carbocycles. The molecule has 0 spiro atoms. The lowest BCUT2D eigenvalue weighted by molar-refractivity contribution is 0.494. The average Bonchev–Trinajstić information content (AvgIpc) is 2.75. The van der Waals surface area contributed by atoms with Crippen molar-refractivity contribution in [2.75, 3.05) is 23.0 Å². The topological polar surface area (TPSA) is 6.48 Å². The minimum absolute atomic E-state index is 0.630. The molecule has 18 heavy (non-hydrogen) atoms. The Kier molecular flexibility index (Phi) is 4.15. The Morgan fingerprint density at radius 2 is 1.72 bits per heavy atom. The molecule has 1 unspecified atom stereocenters. The van der Waals surface area contributed by atoms with Crippen LogP contribution in [0.2, 0.25) is 0 Å². The minimum atomic E-state index is 0.630. The summed E-state index contributed by atoms with van der Waals surface area (Å²) in [6.45, 7) is 11.4. The zero-order valence-corrected chi connectivity index (χ0v) is 12.2. The van der Waals surface area contributed by atoms with Gasteiger partial charge in [0.15, 0.2) is 0 Å². The predicted molar refractivity (Wildman–Crippen MR) is 80.3 cm³/mol. The fraction of sp³-hybridized carbons (Fsp3) is 0.625. The summed E-state index contributed by atoms with van der Waals surface area (Å²) in [6.07, 6.45) is 2.59. The van der Waals surface area contributed by atoms with Crippen molar-refractivity contribution in [2.24, 2.45) is 5.92 Å². The van der Waals surface area contributed by atoms with Crippen LogP contribution < -0.4 is 9.80 Å². The van der Waals surface area contributed by atoms with Crippen LogP contribution in [0.25, 0.3) is 0 Å². The second-order valence-corrected chi connectivity index (χ2v) is 5.78. The molecule has 0 aromatic heterocycles. The van der Waals surface area contributed by atoms with Gasteiger partial charge >= 0.3 is 0 Å². The fourth-order valence-electron chi connectivity index (χ4n) is 2.69. The number of rotatable bonds is 5. The predicted octanol–water partition coefficient (Wildman–Crippen LogP) is 4.12. The smallest absolute Gasteiger partial charge is 0.0906 e. The van der Waals surface area contributed by atoms with E-state index in [1.165, 1.54) is 24.2 Å². The van der Waals surface area contributed by atoms with Gasteiger partial charge in [0, 0.05) is 12.6 Å². The van der Waals surface area contributed by atoms with Gasteiger partial charge in [-0.25, -0.2) is 0 Å². The lowest BCUT2D eigenvalue weighted by Crippen LogP contribution is -2.37. The van der Waals surface area contributed by atoms with Gasteiger partial charge in [0.05, 0.1) is 18.0 Å². The molecule has 2 nitrogen and oxygen atoms in total. The second kappa shape index (κ2) is 5.64. The van der Waals surface area contributed by atoms with E-state index in [2.05, 4.69) is 61.8 Å². The summed E-state index contributed by atoms with van der Waals surface area (Å²) >= 11 is 0. The molecule has 1 aromatic rings. The molecule has 0 bridgehead atoms. The molecule has 100 valence electrons. The van der Waals surface area contributed by atoms with E-state index in [0.717, 1.165) is 19.1 Å². The first-order chi connectivity index (χ1) is 8.63. The minimum Gasteiger partial charge on any atom is -0.352 e. The largest absolute Gasteiger partial charge is 0.352 e. The van der Waals surface area contributed by atoms with E-state index in [0.29, 0.717) is 6.04 Å². The van der Waals surface area contributed by atoms with Crippen LogP contribution in [0.3, 0.4) is 0 Å². The van der Waals surface area contributed by atoms with Gasteiger partial charge in [-0.15, -0.1) is 0 Å². The highest BCUT2D eigenvalue weighted by Crippen LogP contribution is 2.37. The van der Waals surface area contributed by atoms with Crippen LogP contribution >= 0.6 is 0 Å². The van der Waals surface area contributed by atoms with Gasteiger partial charge in [-0.2, -0.15) is 0 Å². The van der Waals surface area contributed by atoms with Crippen molar-refractivity contribution in [1.29, 1.82) is 0 Å². The highest BCUT2D eigenvalue weighted by Gasteiger charge is 2.27. The molecule has 1 atom stereocenters. The summed E-state index contributed by atoms with van der Waals surface area (Å²) in [5.74, 6) is 0.799. The number of benzene rings is 1. The highest BCUT2D eigenvalue weighted by atomic mass is 15.4. The average molecular weight is 246 g/mol. The maximum absolute atomic E-state index is 2.56. The Labute approximate surface area is 112 Å². The van der Waals surface area contributed by atoms with Gasteiger partial charge in [0.2, 0.25) is 0 Å². The van der Waals surface area contributed by atoms with Gasteiger partial charge in [-0.3, -0.25) is 0 Å². The van der Waals surface area contributed by atoms with Gasteiger partial charge in [0.1, 0.15) is 0 Å². The SMILES string of the molecule is CCN1CN(C(C)CCC(C)C)c2ccccc21. The Morgan fingerprint density at radius 3 is 2.33 bits per heavy atom. The summed E-state index contributed by atoms with van der Waals surface area (Å²) in [5, 5.41) is 0. The lowest BCUT2D eigenvalue weighted by Gasteiger charge is -2.28. The number of anilines is 2. The van der Waals surface area contributed by atoms with E-state index >= 15 is 0 Å². The first kappa shape index (κ1) is 13.3. The van der Waals surface area contributed by atoms with Crippen molar-refractivity contribution < 1.29 is 0 Å². The van der Waals surface area contributed by atoms with E-state index in [1.807, 2.05) is 0 Å². The van der Waals surface area contributed by atoms with Crippen molar-refractivity contribution in [2.45, 2.75) is 46.6 Å². The molecule has 2 rings (SSSR count). The van der Waals surface area contributed by atoms with Gasteiger partial charge in [0.25, 0.3) is 0 Å². The van der Waals surface area contributed by atoms with Crippen LogP contribution in [0, 0.1) is 5.92 Å². The van der Waals surface area contributed by atoms with E-state index in [4.69, 9.17) is 0 Å². The fourth-order valence-corrected chi connectivity index (χ4v) is 2.69. The van der Waals surface area contributed by atoms with Crippen LogP contribution in [0.5, 0.6) is 0 Å². The van der Waals surface area contributed by atoms with E-state index in [1.54, 1.807) is 0 Å². The van der Waals surface area contributed by atoms with E-state index in [-0.39, 0.29) is 0 Å². The highest BCUT2D eigenvalue weighted by molar-refractivity contribution is 5.76. The molecular weight excluding hydrogens is 220 g/mol. The van der Waals surface area contributed by atoms with Gasteiger partial charge < -0.3 is 9.80 Å². The van der Waals surface area contributed by atoms with Crippen molar-refractivity contribution in [3.63, 3.8) is 0 Å². The van der Waals surface area contributed by atoms with Gasteiger partial charge in [-0.05, 0) is 44.7 Å². The quantitative estimate of drug-likeness (QED) is 0.771. The van der Waals surface area contributed by atoms with E-state index < -0.39 is 0 Å². The number of hydrogen-bond donors (Lipinski definition) is 0. The van der Waals surface area contributed by atoms with Crippen LogP contribution in [0.1, 0.15) is 40.5 Å². The Bertz CT molecular complexity index is 386. The van der Waals surface area contributed by atoms with Crippen molar-refractivity contribution in [3.05, 3.63) is 24.3 Å². The zero-order valence-electron chi connectivity index (χ0n) is 12.2. The normalized spacial score (nSPS) is 16.3. The molecule has 0 fully saturated rings. The maximum atomic E-state index is 2.56. The van der Waals surface area contributed by atoms with Crippen LogP contribution in [0.4, 0.5) is 11.4 Å². The summed E-state index contributed by atoms with van der Waals surface area (Å²) in [4.78, 5) is 5.02. The first-order valence-electron chi connectivity index (χ1n) is 7.24. The molecule has 0 saturated heterocycles. The molecule has 0 N–H and O–H groups in total. The zero-order chi connectivity index (χ0) is 13.1. The summed E-state index contributed by atoms with van der Waals surface area (Å²) in [6, 6.07) is 9.43. The Balaban J connectivity index is 2.11. The molecule has 1 aliphatic heterocycles. The third-order valence-corrected chi connectivity index (χ3v) is 3.93. The van der Waals surface area contributed by atoms with E-state index in [9.17, 15) is 0 Å². The number of fused-ring (bicyclic) bond motifs is 1. The number of para-hydroxylation sites is 2. The summed E-state index contributed by atoms with van der Waals surface area (Å²) in [7, 11) is 0. The first-order valence-corrected chi connectivity index (χ1v) is 7.24.